The van der Waals surface area contributed by atoms with Crippen LogP contribution in [-0.2, 0) is 16.4 Å². The molecule has 13 heteroatoms. The van der Waals surface area contributed by atoms with Crippen molar-refractivity contribution in [1.29, 1.82) is 0 Å². The SMILES string of the molecule is C=Cc1cnc(Nc2cc(CC)c(N3CCC(N4CCN(C)CC4)CC3)cc2C)nc1Nc1ccc2nccnc2c1N(C)S(C)(=O)=O. The van der Waals surface area contributed by atoms with E-state index in [0.717, 1.165) is 50.1 Å². The van der Waals surface area contributed by atoms with Crippen LogP contribution < -0.4 is 19.8 Å². The van der Waals surface area contributed by atoms with Gasteiger partial charge in [-0.05, 0) is 68.6 Å². The number of sulfonamides is 1. The van der Waals surface area contributed by atoms with Crippen molar-refractivity contribution < 1.29 is 8.42 Å². The molecule has 0 saturated carbocycles. The highest BCUT2D eigenvalue weighted by Gasteiger charge is 2.28. The fourth-order valence-corrected chi connectivity index (χ4v) is 7.18. The van der Waals surface area contributed by atoms with Crippen molar-refractivity contribution in [2.24, 2.45) is 0 Å². The Labute approximate surface area is 284 Å². The highest BCUT2D eigenvalue weighted by atomic mass is 32.2. The predicted octanol–water partition coefficient (Wildman–Crippen LogP) is 5.03. The lowest BCUT2D eigenvalue weighted by Gasteiger charge is -2.43. The molecule has 2 fully saturated rings. The lowest BCUT2D eigenvalue weighted by Crippen LogP contribution is -2.52. The van der Waals surface area contributed by atoms with Crippen molar-refractivity contribution in [3.8, 4) is 0 Å². The molecule has 2 aliphatic rings. The summed E-state index contributed by atoms with van der Waals surface area (Å²) in [5.74, 6) is 0.884. The number of nitrogens with one attached hydrogen (secondary N) is 2. The van der Waals surface area contributed by atoms with Gasteiger partial charge in [0.2, 0.25) is 16.0 Å². The molecule has 6 rings (SSSR count). The van der Waals surface area contributed by atoms with Gasteiger partial charge in [0.25, 0.3) is 0 Å². The summed E-state index contributed by atoms with van der Waals surface area (Å²) in [5.41, 5.74) is 7.22. The number of hydrogen-bond donors (Lipinski definition) is 2. The maximum atomic E-state index is 12.7. The van der Waals surface area contributed by atoms with Crippen molar-refractivity contribution >= 4 is 61.6 Å². The summed E-state index contributed by atoms with van der Waals surface area (Å²) in [6, 6.07) is 8.75. The van der Waals surface area contributed by atoms with Crippen LogP contribution in [0.5, 0.6) is 0 Å². The third-order valence-electron chi connectivity index (χ3n) is 9.63. The molecule has 2 aromatic carbocycles. The summed E-state index contributed by atoms with van der Waals surface area (Å²) in [4.78, 5) is 25.9. The van der Waals surface area contributed by atoms with Gasteiger partial charge in [-0.3, -0.25) is 19.2 Å². The van der Waals surface area contributed by atoms with E-state index in [0.29, 0.717) is 45.8 Å². The number of anilines is 6. The Bertz CT molecular complexity index is 1900. The van der Waals surface area contributed by atoms with Gasteiger partial charge >= 0.3 is 0 Å². The van der Waals surface area contributed by atoms with Gasteiger partial charge in [0, 0.05) is 87.9 Å². The molecule has 2 aliphatic heterocycles. The average molecular weight is 671 g/mol. The molecule has 4 heterocycles. The van der Waals surface area contributed by atoms with Gasteiger partial charge in [0.1, 0.15) is 17.0 Å². The first kappa shape index (κ1) is 33.6. The van der Waals surface area contributed by atoms with Crippen molar-refractivity contribution in [1.82, 2.24) is 29.7 Å². The summed E-state index contributed by atoms with van der Waals surface area (Å²) in [5, 5.41) is 6.78. The molecular formula is C35H46N10O2S. The molecule has 2 saturated heterocycles. The Kier molecular flexibility index (Phi) is 9.81. The standard InChI is InChI=1S/C35H46N10O2S/c1-7-25-22-30(24(3)21-31(25)45-15-11-27(12-16-45)44-19-17-42(4)18-20-44)40-35-38-23-26(8-2)34(41-35)39-29-10-9-28-32(37-14-13-36-28)33(29)43(5)48(6,46)47/h8-10,13-14,21-23,27H,2,7,11-12,15-20H2,1,3-6H3,(H2,38,39,40,41). The minimum absolute atomic E-state index is 0.373. The lowest BCUT2D eigenvalue weighted by molar-refractivity contribution is 0.0982. The Balaban J connectivity index is 1.24. The highest BCUT2D eigenvalue weighted by molar-refractivity contribution is 7.92. The quantitative estimate of drug-likeness (QED) is 0.236. The van der Waals surface area contributed by atoms with Crippen molar-refractivity contribution in [2.75, 3.05) is 79.5 Å². The van der Waals surface area contributed by atoms with Gasteiger partial charge in [0.15, 0.2) is 0 Å². The number of benzene rings is 2. The minimum Gasteiger partial charge on any atom is -0.371 e. The molecule has 0 unspecified atom stereocenters. The van der Waals surface area contributed by atoms with Crippen molar-refractivity contribution in [3.63, 3.8) is 0 Å². The van der Waals surface area contributed by atoms with E-state index in [4.69, 9.17) is 4.98 Å². The maximum Gasteiger partial charge on any atom is 0.232 e. The number of aromatic nitrogens is 4. The van der Waals surface area contributed by atoms with E-state index in [9.17, 15) is 8.42 Å². The van der Waals surface area contributed by atoms with E-state index in [1.165, 1.54) is 48.5 Å². The summed E-state index contributed by atoms with van der Waals surface area (Å²) in [6.45, 7) is 15.0. The number of piperidine rings is 1. The zero-order valence-corrected chi connectivity index (χ0v) is 29.4. The molecule has 254 valence electrons. The zero-order chi connectivity index (χ0) is 34.0. The Morgan fingerprint density at radius 3 is 2.42 bits per heavy atom. The van der Waals surface area contributed by atoms with Crippen LogP contribution in [0.4, 0.5) is 34.5 Å². The van der Waals surface area contributed by atoms with Gasteiger partial charge in [-0.25, -0.2) is 13.4 Å². The smallest absolute Gasteiger partial charge is 0.232 e. The molecule has 2 aromatic heterocycles. The summed E-state index contributed by atoms with van der Waals surface area (Å²) in [7, 11) is 0.106. The van der Waals surface area contributed by atoms with Crippen LogP contribution >= 0.6 is 0 Å². The molecule has 0 radical (unpaired) electrons. The first-order valence-electron chi connectivity index (χ1n) is 16.6. The number of rotatable bonds is 10. The van der Waals surface area contributed by atoms with E-state index >= 15 is 0 Å². The van der Waals surface area contributed by atoms with Crippen molar-refractivity contribution in [3.05, 3.63) is 66.1 Å². The second-order valence-corrected chi connectivity index (χ2v) is 14.8. The van der Waals surface area contributed by atoms with E-state index < -0.39 is 10.0 Å². The highest BCUT2D eigenvalue weighted by Crippen LogP contribution is 2.37. The van der Waals surface area contributed by atoms with Crippen LogP contribution in [-0.4, -0.2) is 104 Å². The first-order valence-corrected chi connectivity index (χ1v) is 18.4. The lowest BCUT2D eigenvalue weighted by atomic mass is 9.98. The molecule has 12 nitrogen and oxygen atoms in total. The Morgan fingerprint density at radius 2 is 1.73 bits per heavy atom. The molecular weight excluding hydrogens is 625 g/mol. The molecule has 0 amide bonds. The summed E-state index contributed by atoms with van der Waals surface area (Å²) < 4.78 is 26.5. The third-order valence-corrected chi connectivity index (χ3v) is 10.8. The van der Waals surface area contributed by atoms with Gasteiger partial charge < -0.3 is 20.4 Å². The summed E-state index contributed by atoms with van der Waals surface area (Å²) in [6.07, 6.45) is 10.9. The molecule has 2 N–H and O–H groups in total. The van der Waals surface area contributed by atoms with Crippen LogP contribution in [0.15, 0.2) is 49.4 Å². The first-order chi connectivity index (χ1) is 23.0. The van der Waals surface area contributed by atoms with Crippen LogP contribution in [0, 0.1) is 6.92 Å². The normalized spacial score (nSPS) is 16.6. The molecule has 0 bridgehead atoms. The second kappa shape index (κ2) is 14.0. The van der Waals surface area contributed by atoms with E-state index in [1.807, 2.05) is 0 Å². The van der Waals surface area contributed by atoms with E-state index in [1.54, 1.807) is 36.8 Å². The van der Waals surface area contributed by atoms with Crippen LogP contribution in [0.1, 0.15) is 36.5 Å². The van der Waals surface area contributed by atoms with Crippen LogP contribution in [0.25, 0.3) is 17.1 Å². The van der Waals surface area contributed by atoms with Gasteiger partial charge in [-0.2, -0.15) is 4.98 Å². The fraction of sp³-hybridized carbons (Fsp3) is 0.429. The number of fused-ring (bicyclic) bond motifs is 1. The van der Waals surface area contributed by atoms with Crippen LogP contribution in [0.3, 0.4) is 0 Å². The topological polar surface area (TPSA) is 123 Å². The number of piperazine rings is 1. The second-order valence-electron chi connectivity index (χ2n) is 12.8. The molecule has 4 aromatic rings. The molecule has 0 atom stereocenters. The van der Waals surface area contributed by atoms with Gasteiger partial charge in [-0.15, -0.1) is 0 Å². The average Bonchev–Trinajstić information content (AvgIpc) is 3.09. The van der Waals surface area contributed by atoms with Gasteiger partial charge in [-0.1, -0.05) is 19.6 Å². The minimum atomic E-state index is -3.61. The van der Waals surface area contributed by atoms with Crippen LogP contribution in [0.2, 0.25) is 0 Å². The number of likely N-dealkylation sites (N-methyl/N-ethyl adjacent to an activating group) is 1. The Morgan fingerprint density at radius 1 is 1.00 bits per heavy atom. The third kappa shape index (κ3) is 7.08. The summed E-state index contributed by atoms with van der Waals surface area (Å²) >= 11 is 0. The predicted molar refractivity (Wildman–Crippen MR) is 196 cm³/mol. The number of hydrogen-bond acceptors (Lipinski definition) is 11. The maximum absolute atomic E-state index is 12.7. The zero-order valence-electron chi connectivity index (χ0n) is 28.6. The van der Waals surface area contributed by atoms with E-state index in [-0.39, 0.29) is 0 Å². The number of aryl methyl sites for hydroxylation is 2. The monoisotopic (exact) mass is 670 g/mol. The van der Waals surface area contributed by atoms with Gasteiger partial charge in [0.05, 0.1) is 17.5 Å². The fourth-order valence-electron chi connectivity index (χ4n) is 6.67. The molecule has 0 spiro atoms. The Hall–Kier alpha value is -4.33. The van der Waals surface area contributed by atoms with Crippen molar-refractivity contribution in [2.45, 2.75) is 39.2 Å². The molecule has 0 aliphatic carbocycles. The molecule has 48 heavy (non-hydrogen) atoms. The largest absolute Gasteiger partial charge is 0.371 e. The number of nitrogens with zero attached hydrogens (tertiary/aromatic N) is 8. The van der Waals surface area contributed by atoms with E-state index in [2.05, 4.69) is 79.9 Å².